The number of hydrogen-bond donors (Lipinski definition) is 1. The number of ketones is 1. The van der Waals surface area contributed by atoms with Crippen LogP contribution in [0.2, 0.25) is 0 Å². The normalized spacial score (nSPS) is 15.4. The predicted molar refractivity (Wildman–Crippen MR) is 118 cm³/mol. The van der Waals surface area contributed by atoms with Gasteiger partial charge in [0, 0.05) is 42.6 Å². The molecule has 1 heterocycles. The third-order valence-corrected chi connectivity index (χ3v) is 5.57. The van der Waals surface area contributed by atoms with Crippen LogP contribution >= 0.6 is 15.9 Å². The van der Waals surface area contributed by atoms with Crippen molar-refractivity contribution in [3.8, 4) is 5.75 Å². The molecule has 10 heteroatoms. The highest BCUT2D eigenvalue weighted by atomic mass is 79.9. The fourth-order valence-corrected chi connectivity index (χ4v) is 3.57. The second-order valence-electron chi connectivity index (χ2n) is 7.61. The van der Waals surface area contributed by atoms with Crippen LogP contribution in [-0.2, 0) is 11.2 Å². The minimum Gasteiger partial charge on any atom is -0.404 e. The SMILES string of the molecule is CN1CCN(CC(=O)Nc2cc(C(=O)Cc3ccc(Br)cc3)ccc2OC(F)(F)F)CC1. The zero-order valence-corrected chi connectivity index (χ0v) is 19.0. The number of hydrogen-bond acceptors (Lipinski definition) is 5. The van der Waals surface area contributed by atoms with E-state index in [-0.39, 0.29) is 30.0 Å². The molecule has 0 atom stereocenters. The van der Waals surface area contributed by atoms with Crippen LogP contribution in [0.1, 0.15) is 15.9 Å². The Kier molecular flexibility index (Phi) is 7.91. The number of benzene rings is 2. The number of alkyl halides is 3. The second kappa shape index (κ2) is 10.5. The van der Waals surface area contributed by atoms with E-state index in [9.17, 15) is 22.8 Å². The summed E-state index contributed by atoms with van der Waals surface area (Å²) in [5.74, 6) is -1.33. The van der Waals surface area contributed by atoms with Crippen LogP contribution in [0.25, 0.3) is 0 Å². The Morgan fingerprint density at radius 3 is 2.34 bits per heavy atom. The minimum atomic E-state index is -4.93. The summed E-state index contributed by atoms with van der Waals surface area (Å²) in [6.07, 6.45) is -4.86. The van der Waals surface area contributed by atoms with Crippen molar-refractivity contribution in [1.29, 1.82) is 0 Å². The Labute approximate surface area is 192 Å². The minimum absolute atomic E-state index is 0.0381. The number of anilines is 1. The predicted octanol–water partition coefficient (Wildman–Crippen LogP) is 3.96. The van der Waals surface area contributed by atoms with Crippen molar-refractivity contribution in [2.24, 2.45) is 0 Å². The molecule has 172 valence electrons. The van der Waals surface area contributed by atoms with Gasteiger partial charge in [-0.3, -0.25) is 14.5 Å². The molecule has 2 aromatic carbocycles. The lowest BCUT2D eigenvalue weighted by Gasteiger charge is -2.31. The maximum atomic E-state index is 12.8. The van der Waals surface area contributed by atoms with E-state index >= 15 is 0 Å². The number of carbonyl (C=O) groups is 2. The molecule has 0 aromatic heterocycles. The number of ether oxygens (including phenoxy) is 1. The van der Waals surface area contributed by atoms with Gasteiger partial charge in [0.2, 0.25) is 5.91 Å². The first kappa shape index (κ1) is 24.2. The number of halogens is 4. The molecule has 0 radical (unpaired) electrons. The lowest BCUT2D eigenvalue weighted by Crippen LogP contribution is -2.47. The summed E-state index contributed by atoms with van der Waals surface area (Å²) in [5, 5.41) is 2.48. The van der Waals surface area contributed by atoms with Crippen molar-refractivity contribution in [3.63, 3.8) is 0 Å². The van der Waals surface area contributed by atoms with Crippen LogP contribution in [0.5, 0.6) is 5.75 Å². The quantitative estimate of drug-likeness (QED) is 0.568. The molecule has 0 bridgehead atoms. The summed E-state index contributed by atoms with van der Waals surface area (Å²) in [6.45, 7) is 3.00. The highest BCUT2D eigenvalue weighted by molar-refractivity contribution is 9.10. The molecule has 1 aliphatic rings. The number of nitrogens with zero attached hydrogens (tertiary/aromatic N) is 2. The van der Waals surface area contributed by atoms with Gasteiger partial charge in [-0.1, -0.05) is 28.1 Å². The number of likely N-dealkylation sites (N-methyl/N-ethyl adjacent to an activating group) is 1. The molecule has 3 rings (SSSR count). The number of carbonyl (C=O) groups excluding carboxylic acids is 2. The zero-order valence-electron chi connectivity index (χ0n) is 17.4. The maximum Gasteiger partial charge on any atom is 0.573 e. The van der Waals surface area contributed by atoms with Crippen molar-refractivity contribution in [3.05, 3.63) is 58.1 Å². The Morgan fingerprint density at radius 2 is 1.72 bits per heavy atom. The molecular weight excluding hydrogens is 491 g/mol. The van der Waals surface area contributed by atoms with E-state index in [0.29, 0.717) is 13.1 Å². The smallest absolute Gasteiger partial charge is 0.404 e. The largest absolute Gasteiger partial charge is 0.573 e. The van der Waals surface area contributed by atoms with Crippen molar-refractivity contribution >= 4 is 33.3 Å². The molecule has 1 N–H and O–H groups in total. The van der Waals surface area contributed by atoms with Crippen LogP contribution < -0.4 is 10.1 Å². The molecule has 0 aliphatic carbocycles. The average Bonchev–Trinajstić information content (AvgIpc) is 2.71. The van der Waals surface area contributed by atoms with Gasteiger partial charge >= 0.3 is 6.36 Å². The zero-order chi connectivity index (χ0) is 23.3. The van der Waals surface area contributed by atoms with Crippen LogP contribution in [0.15, 0.2) is 46.9 Å². The third kappa shape index (κ3) is 7.32. The number of Topliss-reactive ketones (excluding diaryl/α,β-unsaturated/α-hetero) is 1. The lowest BCUT2D eigenvalue weighted by atomic mass is 10.0. The Bertz CT molecular complexity index is 959. The summed E-state index contributed by atoms with van der Waals surface area (Å²) in [5.41, 5.74) is 0.745. The first-order valence-corrected chi connectivity index (χ1v) is 10.8. The van der Waals surface area contributed by atoms with Crippen molar-refractivity contribution in [1.82, 2.24) is 9.80 Å². The van der Waals surface area contributed by atoms with Gasteiger partial charge < -0.3 is 15.0 Å². The molecule has 1 amide bonds. The van der Waals surface area contributed by atoms with E-state index < -0.39 is 18.0 Å². The molecule has 2 aromatic rings. The van der Waals surface area contributed by atoms with E-state index in [0.717, 1.165) is 29.2 Å². The molecule has 0 spiro atoms. The first-order valence-electron chi connectivity index (χ1n) is 9.97. The molecule has 1 fully saturated rings. The number of nitrogens with one attached hydrogen (secondary N) is 1. The third-order valence-electron chi connectivity index (χ3n) is 5.04. The lowest BCUT2D eigenvalue weighted by molar-refractivity contribution is -0.274. The Balaban J connectivity index is 1.75. The van der Waals surface area contributed by atoms with Crippen LogP contribution in [-0.4, -0.2) is 67.6 Å². The topological polar surface area (TPSA) is 61.9 Å². The summed E-state index contributed by atoms with van der Waals surface area (Å²) in [4.78, 5) is 29.2. The van der Waals surface area contributed by atoms with Crippen molar-refractivity contribution in [2.75, 3.05) is 45.1 Å². The Hall–Kier alpha value is -2.43. The molecule has 32 heavy (non-hydrogen) atoms. The standard InChI is InChI=1S/C22H23BrF3N3O3/c1-28-8-10-29(11-9-28)14-21(31)27-18-13-16(4-7-20(18)32-22(24,25)26)19(30)12-15-2-5-17(23)6-3-15/h2-7,13H,8-12,14H2,1H3,(H,27,31). The molecule has 6 nitrogen and oxygen atoms in total. The highest BCUT2D eigenvalue weighted by Gasteiger charge is 2.32. The van der Waals surface area contributed by atoms with Crippen LogP contribution in [0.3, 0.4) is 0 Å². The van der Waals surface area contributed by atoms with E-state index in [4.69, 9.17) is 0 Å². The molecule has 1 aliphatic heterocycles. The van der Waals surface area contributed by atoms with Crippen LogP contribution in [0, 0.1) is 0 Å². The van der Waals surface area contributed by atoms with Gasteiger partial charge in [0.15, 0.2) is 11.5 Å². The summed E-state index contributed by atoms with van der Waals surface area (Å²) < 4.78 is 43.4. The monoisotopic (exact) mass is 513 g/mol. The van der Waals surface area contributed by atoms with Crippen molar-refractivity contribution in [2.45, 2.75) is 12.8 Å². The number of piperazine rings is 1. The van der Waals surface area contributed by atoms with Gasteiger partial charge in [-0.2, -0.15) is 0 Å². The van der Waals surface area contributed by atoms with Gasteiger partial charge in [-0.05, 0) is 42.9 Å². The molecule has 0 saturated carbocycles. The molecule has 0 unspecified atom stereocenters. The Morgan fingerprint density at radius 1 is 1.06 bits per heavy atom. The summed E-state index contributed by atoms with van der Waals surface area (Å²) >= 11 is 3.32. The average molecular weight is 514 g/mol. The number of rotatable bonds is 7. The van der Waals surface area contributed by atoms with Gasteiger partial charge in [-0.25, -0.2) is 0 Å². The first-order chi connectivity index (χ1) is 15.1. The van der Waals surface area contributed by atoms with Gasteiger partial charge in [0.1, 0.15) is 0 Å². The van der Waals surface area contributed by atoms with Crippen LogP contribution in [0.4, 0.5) is 18.9 Å². The summed E-state index contributed by atoms with van der Waals surface area (Å²) in [6, 6.07) is 10.7. The van der Waals surface area contributed by atoms with Gasteiger partial charge in [0.05, 0.1) is 12.2 Å². The van der Waals surface area contributed by atoms with E-state index in [1.807, 2.05) is 11.9 Å². The fourth-order valence-electron chi connectivity index (χ4n) is 3.30. The number of amides is 1. The van der Waals surface area contributed by atoms with E-state index in [2.05, 4.69) is 30.9 Å². The fraction of sp³-hybridized carbons (Fsp3) is 0.364. The second-order valence-corrected chi connectivity index (χ2v) is 8.53. The maximum absolute atomic E-state index is 12.8. The van der Waals surface area contributed by atoms with Crippen molar-refractivity contribution < 1.29 is 27.5 Å². The molecule has 1 saturated heterocycles. The van der Waals surface area contributed by atoms with Gasteiger partial charge in [-0.15, -0.1) is 13.2 Å². The van der Waals surface area contributed by atoms with E-state index in [1.165, 1.54) is 12.1 Å². The van der Waals surface area contributed by atoms with Gasteiger partial charge in [0.25, 0.3) is 0 Å². The van der Waals surface area contributed by atoms with E-state index in [1.54, 1.807) is 24.3 Å². The highest BCUT2D eigenvalue weighted by Crippen LogP contribution is 2.31. The molecular formula is C22H23BrF3N3O3. The summed E-state index contributed by atoms with van der Waals surface area (Å²) in [7, 11) is 1.98.